The van der Waals surface area contributed by atoms with Gasteiger partial charge in [0.25, 0.3) is 0 Å². The third kappa shape index (κ3) is 4.49. The van der Waals surface area contributed by atoms with Gasteiger partial charge in [-0.2, -0.15) is 8.78 Å². The molecule has 0 aliphatic heterocycles. The summed E-state index contributed by atoms with van der Waals surface area (Å²) < 4.78 is 30.5. The molecular weight excluding hydrogens is 356 g/mol. The number of carbonyl (C=O) groups excluding carboxylic acids is 1. The Kier molecular flexibility index (Phi) is 5.49. The number of rotatable bonds is 6. The number of fused-ring (bicyclic) bond motifs is 1. The highest BCUT2D eigenvalue weighted by Crippen LogP contribution is 2.16. The van der Waals surface area contributed by atoms with Crippen molar-refractivity contribution in [3.63, 3.8) is 0 Å². The molecule has 0 bridgehead atoms. The highest BCUT2D eigenvalue weighted by molar-refractivity contribution is 5.74. The Hall–Kier alpha value is -3.23. The lowest BCUT2D eigenvalue weighted by Crippen LogP contribution is -2.38. The molecule has 2 amide bonds. The van der Waals surface area contributed by atoms with Crippen LogP contribution in [0.2, 0.25) is 0 Å². The molecule has 0 spiro atoms. The summed E-state index contributed by atoms with van der Waals surface area (Å²) >= 11 is 0. The Balaban J connectivity index is 1.60. The number of alkyl halides is 2. The van der Waals surface area contributed by atoms with E-state index in [0.717, 1.165) is 5.56 Å². The fourth-order valence-corrected chi connectivity index (χ4v) is 2.64. The van der Waals surface area contributed by atoms with E-state index in [2.05, 4.69) is 20.3 Å². The summed E-state index contributed by atoms with van der Waals surface area (Å²) in [5.41, 5.74) is 1.49. The molecule has 1 N–H and O–H groups in total. The molecular formula is C18H19F2N5O2. The fourth-order valence-electron chi connectivity index (χ4n) is 2.64. The van der Waals surface area contributed by atoms with Crippen LogP contribution in [0.5, 0.6) is 5.75 Å². The molecule has 1 unspecified atom stereocenters. The summed E-state index contributed by atoms with van der Waals surface area (Å²) in [6.45, 7) is -0.723. The normalized spacial score (nSPS) is 12.2. The van der Waals surface area contributed by atoms with Gasteiger partial charge < -0.3 is 15.0 Å². The predicted octanol–water partition coefficient (Wildman–Crippen LogP) is 3.23. The van der Waals surface area contributed by atoms with E-state index in [-0.39, 0.29) is 17.8 Å². The van der Waals surface area contributed by atoms with Crippen molar-refractivity contribution < 1.29 is 18.3 Å². The van der Waals surface area contributed by atoms with E-state index in [9.17, 15) is 13.6 Å². The van der Waals surface area contributed by atoms with Gasteiger partial charge in [-0.3, -0.25) is 4.40 Å². The predicted molar refractivity (Wildman–Crippen MR) is 94.5 cm³/mol. The number of nitrogens with zero attached hydrogens (tertiary/aromatic N) is 4. The number of nitrogens with one attached hydrogen (secondary N) is 1. The quantitative estimate of drug-likeness (QED) is 0.718. The van der Waals surface area contributed by atoms with Crippen LogP contribution in [0.25, 0.3) is 5.65 Å². The zero-order valence-corrected chi connectivity index (χ0v) is 14.8. The first kappa shape index (κ1) is 18.6. The van der Waals surface area contributed by atoms with E-state index in [1.807, 2.05) is 35.7 Å². The number of ether oxygens (including phenoxy) is 1. The summed E-state index contributed by atoms with van der Waals surface area (Å²) in [6.07, 6.45) is 1.83. The molecule has 142 valence electrons. The maximum atomic E-state index is 12.4. The molecule has 0 saturated carbocycles. The number of aromatic nitrogens is 3. The number of urea groups is 1. The van der Waals surface area contributed by atoms with Crippen LogP contribution in [0.4, 0.5) is 13.6 Å². The molecule has 1 aromatic carbocycles. The van der Waals surface area contributed by atoms with E-state index < -0.39 is 6.61 Å². The molecule has 0 aliphatic carbocycles. The maximum Gasteiger partial charge on any atom is 0.387 e. The molecule has 27 heavy (non-hydrogen) atoms. The first-order valence-corrected chi connectivity index (χ1v) is 8.29. The molecule has 3 rings (SSSR count). The third-order valence-corrected chi connectivity index (χ3v) is 3.98. The van der Waals surface area contributed by atoms with Gasteiger partial charge in [-0.25, -0.2) is 4.79 Å². The lowest BCUT2D eigenvalue weighted by Gasteiger charge is -2.21. The van der Waals surface area contributed by atoms with Crippen LogP contribution in [0.15, 0.2) is 48.7 Å². The number of hydrogen-bond acceptors (Lipinski definition) is 4. The number of amides is 2. The Bertz CT molecular complexity index is 914. The minimum atomic E-state index is -2.86. The molecule has 0 aliphatic rings. The lowest BCUT2D eigenvalue weighted by molar-refractivity contribution is -0.0498. The molecule has 9 heteroatoms. The van der Waals surface area contributed by atoms with Gasteiger partial charge in [0.1, 0.15) is 5.75 Å². The van der Waals surface area contributed by atoms with E-state index >= 15 is 0 Å². The second kappa shape index (κ2) is 7.98. The molecule has 0 fully saturated rings. The van der Waals surface area contributed by atoms with Crippen LogP contribution >= 0.6 is 0 Å². The van der Waals surface area contributed by atoms with Crippen LogP contribution in [0, 0.1) is 0 Å². The van der Waals surface area contributed by atoms with Crippen molar-refractivity contribution >= 4 is 11.7 Å². The molecule has 7 nitrogen and oxygen atoms in total. The van der Waals surface area contributed by atoms with Crippen LogP contribution in [-0.4, -0.2) is 39.2 Å². The first-order chi connectivity index (χ1) is 12.9. The topological polar surface area (TPSA) is 71.8 Å². The van der Waals surface area contributed by atoms with Crippen molar-refractivity contribution in [3.8, 4) is 5.75 Å². The van der Waals surface area contributed by atoms with Crippen LogP contribution in [0.3, 0.4) is 0 Å². The van der Waals surface area contributed by atoms with Crippen molar-refractivity contribution in [1.82, 2.24) is 24.8 Å². The van der Waals surface area contributed by atoms with Crippen molar-refractivity contribution in [2.45, 2.75) is 26.1 Å². The number of halogens is 2. The summed E-state index contributed by atoms with van der Waals surface area (Å²) in [6, 6.07) is 11.1. The van der Waals surface area contributed by atoms with Crippen molar-refractivity contribution in [3.05, 3.63) is 60.0 Å². The van der Waals surface area contributed by atoms with Gasteiger partial charge in [-0.15, -0.1) is 10.2 Å². The van der Waals surface area contributed by atoms with Crippen LogP contribution in [-0.2, 0) is 6.54 Å². The molecule has 3 aromatic rings. The van der Waals surface area contributed by atoms with E-state index in [1.54, 1.807) is 19.2 Å². The second-order valence-corrected chi connectivity index (χ2v) is 6.04. The Morgan fingerprint density at radius 2 is 1.96 bits per heavy atom. The van der Waals surface area contributed by atoms with Gasteiger partial charge >= 0.3 is 12.6 Å². The second-order valence-electron chi connectivity index (χ2n) is 6.04. The summed E-state index contributed by atoms with van der Waals surface area (Å²) in [4.78, 5) is 13.9. The SMILES string of the molecule is CC(NC(=O)N(C)Cc1ccc(OC(F)F)cc1)c1nnc2ccccn12. The minimum absolute atomic E-state index is 0.0770. The third-order valence-electron chi connectivity index (χ3n) is 3.98. The van der Waals surface area contributed by atoms with E-state index in [0.29, 0.717) is 18.0 Å². The van der Waals surface area contributed by atoms with Crippen LogP contribution < -0.4 is 10.1 Å². The van der Waals surface area contributed by atoms with Gasteiger partial charge in [0.2, 0.25) is 0 Å². The smallest absolute Gasteiger partial charge is 0.387 e. The highest BCUT2D eigenvalue weighted by Gasteiger charge is 2.18. The number of hydrogen-bond donors (Lipinski definition) is 1. The zero-order valence-electron chi connectivity index (χ0n) is 14.8. The standard InChI is InChI=1S/C18H19F2N5O2/c1-12(16-23-22-15-5-3-4-10-25(15)16)21-18(26)24(2)11-13-6-8-14(9-7-13)27-17(19)20/h3-10,12,17H,11H2,1-2H3,(H,21,26). The lowest BCUT2D eigenvalue weighted by atomic mass is 10.2. The number of carbonyl (C=O) groups is 1. The Labute approximate surface area is 154 Å². The molecule has 0 radical (unpaired) electrons. The fraction of sp³-hybridized carbons (Fsp3) is 0.278. The summed E-state index contributed by atoms with van der Waals surface area (Å²) in [7, 11) is 1.65. The maximum absolute atomic E-state index is 12.4. The summed E-state index contributed by atoms with van der Waals surface area (Å²) in [5, 5.41) is 11.1. The molecule has 1 atom stereocenters. The first-order valence-electron chi connectivity index (χ1n) is 8.29. The number of benzene rings is 1. The monoisotopic (exact) mass is 375 g/mol. The number of pyridine rings is 1. The zero-order chi connectivity index (χ0) is 19.4. The Morgan fingerprint density at radius 3 is 2.67 bits per heavy atom. The van der Waals surface area contributed by atoms with E-state index in [4.69, 9.17) is 0 Å². The van der Waals surface area contributed by atoms with Gasteiger partial charge in [0.15, 0.2) is 11.5 Å². The van der Waals surface area contributed by atoms with Crippen molar-refractivity contribution in [1.29, 1.82) is 0 Å². The minimum Gasteiger partial charge on any atom is -0.435 e. The Morgan fingerprint density at radius 1 is 1.22 bits per heavy atom. The van der Waals surface area contributed by atoms with Crippen molar-refractivity contribution in [2.24, 2.45) is 0 Å². The highest BCUT2D eigenvalue weighted by atomic mass is 19.3. The summed E-state index contributed by atoms with van der Waals surface area (Å²) in [5.74, 6) is 0.703. The van der Waals surface area contributed by atoms with Gasteiger partial charge in [0, 0.05) is 19.8 Å². The van der Waals surface area contributed by atoms with Gasteiger partial charge in [0.05, 0.1) is 6.04 Å². The van der Waals surface area contributed by atoms with E-state index in [1.165, 1.54) is 17.0 Å². The van der Waals surface area contributed by atoms with Gasteiger partial charge in [-0.05, 0) is 36.8 Å². The largest absolute Gasteiger partial charge is 0.435 e. The molecule has 2 heterocycles. The average Bonchev–Trinajstić information content (AvgIpc) is 3.07. The van der Waals surface area contributed by atoms with Gasteiger partial charge in [-0.1, -0.05) is 18.2 Å². The molecule has 2 aromatic heterocycles. The molecule has 0 saturated heterocycles. The average molecular weight is 375 g/mol. The van der Waals surface area contributed by atoms with Crippen molar-refractivity contribution in [2.75, 3.05) is 7.05 Å². The van der Waals surface area contributed by atoms with Crippen LogP contribution in [0.1, 0.15) is 24.4 Å².